The van der Waals surface area contributed by atoms with Crippen LogP contribution >= 0.6 is 12.2 Å². The van der Waals surface area contributed by atoms with Crippen molar-refractivity contribution in [2.45, 2.75) is 6.54 Å². The highest BCUT2D eigenvalue weighted by Gasteiger charge is 2.08. The zero-order valence-corrected chi connectivity index (χ0v) is 10.7. The Hall–Kier alpha value is -2.41. The lowest BCUT2D eigenvalue weighted by molar-refractivity contribution is -0.120. The second-order valence-corrected chi connectivity index (χ2v) is 4.43. The molecule has 1 heterocycles. The van der Waals surface area contributed by atoms with Gasteiger partial charge in [0.15, 0.2) is 0 Å². The Morgan fingerprint density at radius 3 is 2.63 bits per heavy atom. The van der Waals surface area contributed by atoms with Crippen molar-refractivity contribution in [2.75, 3.05) is 0 Å². The molecule has 0 unspecified atom stereocenters. The summed E-state index contributed by atoms with van der Waals surface area (Å²) in [6, 6.07) is 6.43. The Bertz CT molecular complexity index is 677. The normalized spacial score (nSPS) is 10.3. The van der Waals surface area contributed by atoms with Gasteiger partial charge in [0.1, 0.15) is 11.5 Å². The first-order valence-corrected chi connectivity index (χ1v) is 5.86. The number of imide groups is 1. The smallest absolute Gasteiger partial charge is 0.318 e. The molecule has 0 radical (unpaired) electrons. The molecule has 0 saturated carbocycles. The van der Waals surface area contributed by atoms with E-state index in [-0.39, 0.29) is 6.54 Å². The molecule has 0 bridgehead atoms. The van der Waals surface area contributed by atoms with Gasteiger partial charge in [-0.2, -0.15) is 0 Å². The van der Waals surface area contributed by atoms with Crippen LogP contribution in [0.4, 0.5) is 4.79 Å². The maximum absolute atomic E-state index is 11.5. The second-order valence-electron chi connectivity index (χ2n) is 3.99. The molecular formula is C12H12N4O2S. The molecule has 0 saturated heterocycles. The summed E-state index contributed by atoms with van der Waals surface area (Å²) in [5.74, 6) is -0.469. The molecule has 19 heavy (non-hydrogen) atoms. The number of amides is 3. The lowest BCUT2D eigenvalue weighted by Crippen LogP contribution is -2.37. The fraction of sp³-hybridized carbons (Fsp3) is 0.0833. The highest BCUT2D eigenvalue weighted by Crippen LogP contribution is 2.17. The number of nitrogens with zero attached hydrogens (tertiary/aromatic N) is 1. The number of carbonyl (C=O) groups excluding carboxylic acids is 2. The van der Waals surface area contributed by atoms with Crippen LogP contribution < -0.4 is 16.8 Å². The van der Waals surface area contributed by atoms with Gasteiger partial charge < -0.3 is 16.0 Å². The fourth-order valence-corrected chi connectivity index (χ4v) is 1.95. The molecule has 0 atom stereocenters. The van der Waals surface area contributed by atoms with Gasteiger partial charge in [-0.1, -0.05) is 12.2 Å². The number of primary amides is 1. The van der Waals surface area contributed by atoms with Crippen LogP contribution in [0.1, 0.15) is 5.56 Å². The van der Waals surface area contributed by atoms with Crippen LogP contribution in [0, 0.1) is 0 Å². The molecule has 0 aliphatic rings. The molecule has 6 nitrogen and oxygen atoms in total. The quantitative estimate of drug-likeness (QED) is 0.709. The predicted molar refractivity (Wildman–Crippen MR) is 75.6 cm³/mol. The van der Waals surface area contributed by atoms with Gasteiger partial charge in [-0.3, -0.25) is 10.1 Å². The number of nitrogens with two attached hydrogens (primary N) is 2. The lowest BCUT2D eigenvalue weighted by atomic mass is 10.1. The third kappa shape index (κ3) is 2.89. The molecule has 0 aliphatic carbocycles. The van der Waals surface area contributed by atoms with E-state index in [0.29, 0.717) is 4.99 Å². The van der Waals surface area contributed by atoms with Gasteiger partial charge >= 0.3 is 6.03 Å². The van der Waals surface area contributed by atoms with Crippen molar-refractivity contribution in [3.63, 3.8) is 0 Å². The zero-order valence-electron chi connectivity index (χ0n) is 9.92. The van der Waals surface area contributed by atoms with E-state index in [2.05, 4.69) is 0 Å². The molecule has 2 aromatic rings. The van der Waals surface area contributed by atoms with E-state index in [9.17, 15) is 9.59 Å². The highest BCUT2D eigenvalue weighted by molar-refractivity contribution is 7.80. The maximum Gasteiger partial charge on any atom is 0.318 e. The van der Waals surface area contributed by atoms with E-state index in [4.69, 9.17) is 23.7 Å². The largest absolute Gasteiger partial charge is 0.389 e. The first-order valence-electron chi connectivity index (χ1n) is 5.45. The summed E-state index contributed by atoms with van der Waals surface area (Å²) >= 11 is 4.90. The van der Waals surface area contributed by atoms with Gasteiger partial charge in [0, 0.05) is 22.7 Å². The summed E-state index contributed by atoms with van der Waals surface area (Å²) in [5, 5.41) is 2.93. The number of hydrogen-bond donors (Lipinski definition) is 3. The standard InChI is InChI=1S/C12H12N4O2S/c13-11(19)8-1-2-9-7(5-8)3-4-16(9)6-10(17)15-12(14)18/h1-5H,6H2,(H2,13,19)(H3,14,15,17,18). The van der Waals surface area contributed by atoms with Crippen LogP contribution in [0.3, 0.4) is 0 Å². The van der Waals surface area contributed by atoms with E-state index in [1.807, 2.05) is 23.5 Å². The average molecular weight is 276 g/mol. The number of rotatable bonds is 3. The SMILES string of the molecule is NC(=O)NC(=O)Cn1ccc2cc(C(N)=S)ccc21. The number of fused-ring (bicyclic) bond motifs is 1. The van der Waals surface area contributed by atoms with Gasteiger partial charge in [-0.05, 0) is 24.3 Å². The van der Waals surface area contributed by atoms with Crippen molar-refractivity contribution in [1.29, 1.82) is 0 Å². The third-order valence-electron chi connectivity index (χ3n) is 2.63. The van der Waals surface area contributed by atoms with E-state index in [1.54, 1.807) is 16.8 Å². The average Bonchev–Trinajstić information content (AvgIpc) is 2.70. The van der Waals surface area contributed by atoms with E-state index < -0.39 is 11.9 Å². The first kappa shape index (κ1) is 13.0. The molecule has 0 spiro atoms. The lowest BCUT2D eigenvalue weighted by Gasteiger charge is -2.05. The number of hydrogen-bond acceptors (Lipinski definition) is 3. The topological polar surface area (TPSA) is 103 Å². The van der Waals surface area contributed by atoms with Crippen LogP contribution in [0.25, 0.3) is 10.9 Å². The van der Waals surface area contributed by atoms with Crippen LogP contribution in [-0.2, 0) is 11.3 Å². The van der Waals surface area contributed by atoms with Crippen molar-refractivity contribution in [1.82, 2.24) is 9.88 Å². The minimum absolute atomic E-state index is 0.0128. The van der Waals surface area contributed by atoms with E-state index in [0.717, 1.165) is 16.5 Å². The molecule has 1 aromatic heterocycles. The Morgan fingerprint density at radius 1 is 1.26 bits per heavy atom. The number of carbonyl (C=O) groups is 2. The molecule has 0 aliphatic heterocycles. The molecule has 7 heteroatoms. The minimum atomic E-state index is -0.864. The Morgan fingerprint density at radius 2 is 2.00 bits per heavy atom. The molecule has 0 fully saturated rings. The Labute approximate surface area is 114 Å². The van der Waals surface area contributed by atoms with Gasteiger partial charge in [0.2, 0.25) is 5.91 Å². The monoisotopic (exact) mass is 276 g/mol. The van der Waals surface area contributed by atoms with Crippen molar-refractivity contribution < 1.29 is 9.59 Å². The van der Waals surface area contributed by atoms with Crippen LogP contribution in [0.2, 0.25) is 0 Å². The number of urea groups is 1. The van der Waals surface area contributed by atoms with Crippen molar-refractivity contribution in [2.24, 2.45) is 11.5 Å². The molecular weight excluding hydrogens is 264 g/mol. The van der Waals surface area contributed by atoms with Gasteiger partial charge in [-0.25, -0.2) is 4.79 Å². The Balaban J connectivity index is 2.28. The van der Waals surface area contributed by atoms with E-state index in [1.165, 1.54) is 0 Å². The molecule has 2 rings (SSSR count). The first-order chi connectivity index (χ1) is 8.97. The summed E-state index contributed by atoms with van der Waals surface area (Å²) in [7, 11) is 0. The van der Waals surface area contributed by atoms with Crippen LogP contribution in [0.5, 0.6) is 0 Å². The van der Waals surface area contributed by atoms with Crippen molar-refractivity contribution in [3.05, 3.63) is 36.0 Å². The predicted octanol–water partition coefficient (Wildman–Crippen LogP) is 0.470. The van der Waals surface area contributed by atoms with Gasteiger partial charge in [0.25, 0.3) is 0 Å². The fourth-order valence-electron chi connectivity index (χ4n) is 1.82. The number of aromatic nitrogens is 1. The molecule has 3 amide bonds. The summed E-state index contributed by atoms with van der Waals surface area (Å²) in [6.07, 6.45) is 1.74. The summed E-state index contributed by atoms with van der Waals surface area (Å²) in [5.41, 5.74) is 12.0. The summed E-state index contributed by atoms with van der Waals surface area (Å²) in [6.45, 7) is 0.0128. The number of thiocarbonyl (C=S) groups is 1. The second kappa shape index (κ2) is 5.07. The number of nitrogens with one attached hydrogen (secondary N) is 1. The highest BCUT2D eigenvalue weighted by atomic mass is 32.1. The van der Waals surface area contributed by atoms with Crippen molar-refractivity contribution in [3.8, 4) is 0 Å². The van der Waals surface area contributed by atoms with Crippen LogP contribution in [0.15, 0.2) is 30.5 Å². The summed E-state index contributed by atoms with van der Waals surface area (Å²) < 4.78 is 1.71. The van der Waals surface area contributed by atoms with Gasteiger partial charge in [-0.15, -0.1) is 0 Å². The minimum Gasteiger partial charge on any atom is -0.389 e. The third-order valence-corrected chi connectivity index (χ3v) is 2.87. The Kier molecular flexibility index (Phi) is 3.48. The molecule has 98 valence electrons. The molecule has 1 aromatic carbocycles. The van der Waals surface area contributed by atoms with Gasteiger partial charge in [0.05, 0.1) is 0 Å². The maximum atomic E-state index is 11.5. The van der Waals surface area contributed by atoms with Crippen LogP contribution in [-0.4, -0.2) is 21.5 Å². The summed E-state index contributed by atoms with van der Waals surface area (Å²) in [4.78, 5) is 22.4. The van der Waals surface area contributed by atoms with E-state index >= 15 is 0 Å². The van der Waals surface area contributed by atoms with Crippen molar-refractivity contribution >= 4 is 40.0 Å². The number of benzene rings is 1. The zero-order chi connectivity index (χ0) is 14.0. The molecule has 5 N–H and O–H groups in total.